The fraction of sp³-hybridized carbons (Fsp3) is 0.133. The van der Waals surface area contributed by atoms with Crippen molar-refractivity contribution in [2.24, 2.45) is 5.73 Å². The number of ether oxygens (including phenoxy) is 1. The molecule has 0 atom stereocenters. The number of halogens is 1. The van der Waals surface area contributed by atoms with Gasteiger partial charge in [0, 0.05) is 3.57 Å². The number of carbonyl (C=O) groups excluding carboxylic acids is 1. The Balaban J connectivity index is 2.27. The highest BCUT2D eigenvalue weighted by atomic mass is 127. The first-order valence-electron chi connectivity index (χ1n) is 5.82. The lowest BCUT2D eigenvalue weighted by molar-refractivity contribution is 0.0999. The molecule has 0 fully saturated rings. The lowest BCUT2D eigenvalue weighted by Crippen LogP contribution is -2.13. The van der Waals surface area contributed by atoms with Gasteiger partial charge in [-0.15, -0.1) is 0 Å². The van der Waals surface area contributed by atoms with Crippen LogP contribution in [0.5, 0.6) is 5.75 Å². The van der Waals surface area contributed by atoms with Gasteiger partial charge in [-0.3, -0.25) is 4.79 Å². The molecule has 2 rings (SSSR count). The molecule has 0 aliphatic rings. The molecule has 0 saturated carbocycles. The zero-order valence-electron chi connectivity index (χ0n) is 10.5. The number of nitrogens with two attached hydrogens (primary N) is 1. The van der Waals surface area contributed by atoms with Gasteiger partial charge in [0.1, 0.15) is 5.75 Å². The predicted molar refractivity (Wildman–Crippen MR) is 83.5 cm³/mol. The van der Waals surface area contributed by atoms with Gasteiger partial charge in [0.2, 0.25) is 5.91 Å². The SMILES string of the molecule is COc1ccc(Cc2cccc(C(N)=O)c2I)cc1. The summed E-state index contributed by atoms with van der Waals surface area (Å²) in [7, 11) is 1.65. The van der Waals surface area contributed by atoms with Crippen LogP contribution in [-0.4, -0.2) is 13.0 Å². The molecule has 98 valence electrons. The number of rotatable bonds is 4. The van der Waals surface area contributed by atoms with E-state index >= 15 is 0 Å². The van der Waals surface area contributed by atoms with Crippen molar-refractivity contribution >= 4 is 28.5 Å². The Hall–Kier alpha value is -1.56. The fourth-order valence-electron chi connectivity index (χ4n) is 1.87. The number of methoxy groups -OCH3 is 1. The molecule has 2 aromatic rings. The monoisotopic (exact) mass is 367 g/mol. The van der Waals surface area contributed by atoms with Crippen molar-refractivity contribution in [3.8, 4) is 5.75 Å². The largest absolute Gasteiger partial charge is 0.497 e. The summed E-state index contributed by atoms with van der Waals surface area (Å²) in [6.07, 6.45) is 0.767. The molecule has 0 aliphatic heterocycles. The fourth-order valence-corrected chi connectivity index (χ4v) is 2.69. The number of hydrogen-bond acceptors (Lipinski definition) is 2. The van der Waals surface area contributed by atoms with Crippen molar-refractivity contribution < 1.29 is 9.53 Å². The summed E-state index contributed by atoms with van der Waals surface area (Å²) < 4.78 is 6.05. The van der Waals surface area contributed by atoms with Crippen molar-refractivity contribution in [3.05, 3.63) is 62.7 Å². The topological polar surface area (TPSA) is 52.3 Å². The van der Waals surface area contributed by atoms with E-state index in [9.17, 15) is 4.79 Å². The highest BCUT2D eigenvalue weighted by molar-refractivity contribution is 14.1. The van der Waals surface area contributed by atoms with Crippen LogP contribution in [-0.2, 0) is 6.42 Å². The third-order valence-corrected chi connectivity index (χ3v) is 4.17. The minimum Gasteiger partial charge on any atom is -0.497 e. The second-order valence-electron chi connectivity index (χ2n) is 4.17. The van der Waals surface area contributed by atoms with E-state index in [1.165, 1.54) is 5.56 Å². The normalized spacial score (nSPS) is 10.2. The Morgan fingerprint density at radius 1 is 1.21 bits per heavy atom. The van der Waals surface area contributed by atoms with E-state index in [2.05, 4.69) is 22.6 Å². The Bertz CT molecular complexity index is 594. The standard InChI is InChI=1S/C15H14INO2/c1-19-12-7-5-10(6-8-12)9-11-3-2-4-13(14(11)16)15(17)18/h2-8H,9H2,1H3,(H2,17,18). The zero-order valence-corrected chi connectivity index (χ0v) is 12.7. The smallest absolute Gasteiger partial charge is 0.249 e. The molecule has 0 aliphatic carbocycles. The molecule has 2 aromatic carbocycles. The Kier molecular flexibility index (Phi) is 4.42. The summed E-state index contributed by atoms with van der Waals surface area (Å²) in [5.74, 6) is 0.449. The molecule has 0 radical (unpaired) electrons. The Labute approximate surface area is 125 Å². The van der Waals surface area contributed by atoms with Crippen LogP contribution in [0, 0.1) is 3.57 Å². The number of amides is 1. The molecular formula is C15H14INO2. The van der Waals surface area contributed by atoms with Gasteiger partial charge >= 0.3 is 0 Å². The molecule has 0 bridgehead atoms. The first kappa shape index (κ1) is 13.9. The molecule has 4 heteroatoms. The lowest BCUT2D eigenvalue weighted by atomic mass is 10.0. The van der Waals surface area contributed by atoms with Crippen molar-refractivity contribution in [1.29, 1.82) is 0 Å². The van der Waals surface area contributed by atoms with E-state index in [0.717, 1.165) is 21.3 Å². The van der Waals surface area contributed by atoms with Crippen LogP contribution in [0.2, 0.25) is 0 Å². The third kappa shape index (κ3) is 3.26. The van der Waals surface area contributed by atoms with E-state index in [-0.39, 0.29) is 5.91 Å². The zero-order chi connectivity index (χ0) is 13.8. The number of carbonyl (C=O) groups is 1. The second kappa shape index (κ2) is 6.06. The van der Waals surface area contributed by atoms with E-state index in [0.29, 0.717) is 5.56 Å². The lowest BCUT2D eigenvalue weighted by Gasteiger charge is -2.08. The summed E-state index contributed by atoms with van der Waals surface area (Å²) >= 11 is 2.17. The van der Waals surface area contributed by atoms with Crippen LogP contribution in [0.4, 0.5) is 0 Å². The second-order valence-corrected chi connectivity index (χ2v) is 5.25. The molecular weight excluding hydrogens is 353 g/mol. The average Bonchev–Trinajstić information content (AvgIpc) is 2.41. The van der Waals surface area contributed by atoms with Gasteiger partial charge in [-0.25, -0.2) is 0 Å². The van der Waals surface area contributed by atoms with E-state index < -0.39 is 0 Å². The average molecular weight is 367 g/mol. The summed E-state index contributed by atoms with van der Waals surface area (Å²) in [6.45, 7) is 0. The summed E-state index contributed by atoms with van der Waals surface area (Å²) in [5.41, 5.74) is 8.20. The van der Waals surface area contributed by atoms with E-state index in [4.69, 9.17) is 10.5 Å². The van der Waals surface area contributed by atoms with Crippen LogP contribution in [0.15, 0.2) is 42.5 Å². The maximum atomic E-state index is 11.3. The van der Waals surface area contributed by atoms with Crippen molar-refractivity contribution in [2.75, 3.05) is 7.11 Å². The highest BCUT2D eigenvalue weighted by Gasteiger charge is 2.10. The molecule has 3 nitrogen and oxygen atoms in total. The summed E-state index contributed by atoms with van der Waals surface area (Å²) in [6, 6.07) is 13.5. The van der Waals surface area contributed by atoms with Gasteiger partial charge in [-0.2, -0.15) is 0 Å². The van der Waals surface area contributed by atoms with Crippen LogP contribution in [0.1, 0.15) is 21.5 Å². The van der Waals surface area contributed by atoms with Crippen LogP contribution < -0.4 is 10.5 Å². The molecule has 0 spiro atoms. The highest BCUT2D eigenvalue weighted by Crippen LogP contribution is 2.21. The van der Waals surface area contributed by atoms with Gasteiger partial charge in [0.25, 0.3) is 0 Å². The summed E-state index contributed by atoms with van der Waals surface area (Å²) in [5, 5.41) is 0. The predicted octanol–water partition coefficient (Wildman–Crippen LogP) is 2.99. The van der Waals surface area contributed by atoms with E-state index in [1.807, 2.05) is 36.4 Å². The molecule has 0 saturated heterocycles. The van der Waals surface area contributed by atoms with Crippen LogP contribution in [0.3, 0.4) is 0 Å². The minimum atomic E-state index is -0.388. The number of primary amides is 1. The van der Waals surface area contributed by atoms with Gasteiger partial charge in [-0.1, -0.05) is 24.3 Å². The molecule has 0 unspecified atom stereocenters. The van der Waals surface area contributed by atoms with Crippen molar-refractivity contribution in [1.82, 2.24) is 0 Å². The first-order chi connectivity index (χ1) is 9.11. The maximum absolute atomic E-state index is 11.3. The maximum Gasteiger partial charge on any atom is 0.249 e. The Morgan fingerprint density at radius 2 is 1.89 bits per heavy atom. The molecule has 2 N–H and O–H groups in total. The van der Waals surface area contributed by atoms with E-state index in [1.54, 1.807) is 13.2 Å². The van der Waals surface area contributed by atoms with Crippen molar-refractivity contribution in [2.45, 2.75) is 6.42 Å². The van der Waals surface area contributed by atoms with Gasteiger partial charge < -0.3 is 10.5 Å². The van der Waals surface area contributed by atoms with Crippen LogP contribution >= 0.6 is 22.6 Å². The number of hydrogen-bond donors (Lipinski definition) is 1. The first-order valence-corrected chi connectivity index (χ1v) is 6.90. The van der Waals surface area contributed by atoms with Gasteiger partial charge in [0.05, 0.1) is 12.7 Å². The third-order valence-electron chi connectivity index (χ3n) is 2.90. The van der Waals surface area contributed by atoms with Gasteiger partial charge in [0.15, 0.2) is 0 Å². The minimum absolute atomic E-state index is 0.388. The van der Waals surface area contributed by atoms with Crippen LogP contribution in [0.25, 0.3) is 0 Å². The molecule has 19 heavy (non-hydrogen) atoms. The van der Waals surface area contributed by atoms with Crippen molar-refractivity contribution in [3.63, 3.8) is 0 Å². The molecule has 0 aromatic heterocycles. The Morgan fingerprint density at radius 3 is 2.47 bits per heavy atom. The quantitative estimate of drug-likeness (QED) is 0.845. The molecule has 1 amide bonds. The molecule has 0 heterocycles. The summed E-state index contributed by atoms with van der Waals surface area (Å²) in [4.78, 5) is 11.3. The van der Waals surface area contributed by atoms with Gasteiger partial charge in [-0.05, 0) is 58.3 Å². The number of benzene rings is 2.